The second kappa shape index (κ2) is 9.08. The molecule has 3 aromatic rings. The van der Waals surface area contributed by atoms with Gasteiger partial charge in [-0.1, -0.05) is 48.5 Å². The summed E-state index contributed by atoms with van der Waals surface area (Å²) in [6.45, 7) is 1.40. The van der Waals surface area contributed by atoms with Gasteiger partial charge in [-0.05, 0) is 41.0 Å². The number of piperazine rings is 1. The van der Waals surface area contributed by atoms with Crippen molar-refractivity contribution in [3.8, 4) is 5.75 Å². The van der Waals surface area contributed by atoms with Crippen LogP contribution in [0.2, 0.25) is 0 Å². The highest BCUT2D eigenvalue weighted by atomic mass is 32.2. The van der Waals surface area contributed by atoms with Gasteiger partial charge in [0, 0.05) is 32.6 Å². The maximum Gasteiger partial charge on any atom is 0.243 e. The average Bonchev–Trinajstić information content (AvgIpc) is 2.82. The number of carbonyl (C=O) groups excluding carboxylic acids is 1. The van der Waals surface area contributed by atoms with Crippen LogP contribution in [0.5, 0.6) is 5.75 Å². The van der Waals surface area contributed by atoms with Gasteiger partial charge in [0.2, 0.25) is 15.9 Å². The molecular formula is C24H26N2O4S. The predicted molar refractivity (Wildman–Crippen MR) is 121 cm³/mol. The number of carbonyl (C=O) groups is 1. The maximum absolute atomic E-state index is 13.1. The fraction of sp³-hybridized carbons (Fsp3) is 0.292. The molecule has 3 aromatic carbocycles. The Bertz CT molecular complexity index is 1180. The maximum atomic E-state index is 13.1. The minimum atomic E-state index is -3.59. The third-order valence-electron chi connectivity index (χ3n) is 5.75. The van der Waals surface area contributed by atoms with Gasteiger partial charge in [-0.15, -0.1) is 0 Å². The number of aryl methyl sites for hydroxylation is 1. The number of hydrogen-bond donors (Lipinski definition) is 0. The summed E-state index contributed by atoms with van der Waals surface area (Å²) >= 11 is 0. The number of sulfonamides is 1. The zero-order valence-electron chi connectivity index (χ0n) is 17.5. The van der Waals surface area contributed by atoms with Gasteiger partial charge in [0.05, 0.1) is 12.0 Å². The summed E-state index contributed by atoms with van der Waals surface area (Å²) in [6.07, 6.45) is 0.968. The molecule has 0 aromatic heterocycles. The molecule has 4 rings (SSSR count). The Morgan fingerprint density at radius 3 is 2.32 bits per heavy atom. The quantitative estimate of drug-likeness (QED) is 0.592. The van der Waals surface area contributed by atoms with Crippen LogP contribution in [0, 0.1) is 0 Å². The van der Waals surface area contributed by atoms with E-state index in [9.17, 15) is 13.2 Å². The fourth-order valence-electron chi connectivity index (χ4n) is 3.96. The van der Waals surface area contributed by atoms with Crippen molar-refractivity contribution < 1.29 is 17.9 Å². The van der Waals surface area contributed by atoms with E-state index in [2.05, 4.69) is 0 Å². The third kappa shape index (κ3) is 4.57. The molecule has 1 saturated heterocycles. The largest absolute Gasteiger partial charge is 0.496 e. The van der Waals surface area contributed by atoms with E-state index in [1.54, 1.807) is 24.1 Å². The number of rotatable bonds is 6. The van der Waals surface area contributed by atoms with E-state index in [0.717, 1.165) is 22.1 Å². The number of para-hydroxylation sites is 1. The van der Waals surface area contributed by atoms with Gasteiger partial charge in [-0.3, -0.25) is 4.79 Å². The summed E-state index contributed by atoms with van der Waals surface area (Å²) in [7, 11) is -1.97. The normalized spacial score (nSPS) is 15.2. The van der Waals surface area contributed by atoms with Gasteiger partial charge in [0.1, 0.15) is 5.75 Å². The average molecular weight is 439 g/mol. The van der Waals surface area contributed by atoms with Crippen LogP contribution in [-0.2, 0) is 21.2 Å². The van der Waals surface area contributed by atoms with E-state index in [0.29, 0.717) is 43.9 Å². The SMILES string of the molecule is COc1ccccc1CCC(=O)N1CCN(S(=O)(=O)c2ccc3ccccc3c2)CC1. The molecule has 0 saturated carbocycles. The van der Waals surface area contributed by atoms with Crippen molar-refractivity contribution in [2.75, 3.05) is 33.3 Å². The summed E-state index contributed by atoms with van der Waals surface area (Å²) in [6, 6.07) is 20.6. The molecule has 0 aliphatic carbocycles. The smallest absolute Gasteiger partial charge is 0.243 e. The zero-order valence-corrected chi connectivity index (χ0v) is 18.3. The van der Waals surface area contributed by atoms with Crippen molar-refractivity contribution >= 4 is 26.7 Å². The van der Waals surface area contributed by atoms with Crippen LogP contribution in [0.4, 0.5) is 0 Å². The first kappa shape index (κ1) is 21.3. The number of ether oxygens (including phenoxy) is 1. The minimum absolute atomic E-state index is 0.0358. The van der Waals surface area contributed by atoms with Crippen molar-refractivity contribution in [2.24, 2.45) is 0 Å². The van der Waals surface area contributed by atoms with Gasteiger partial charge in [-0.25, -0.2) is 8.42 Å². The molecule has 0 N–H and O–H groups in total. The van der Waals surface area contributed by atoms with E-state index in [-0.39, 0.29) is 5.91 Å². The molecule has 0 bridgehead atoms. The lowest BCUT2D eigenvalue weighted by molar-refractivity contribution is -0.132. The molecule has 31 heavy (non-hydrogen) atoms. The molecule has 1 amide bonds. The Kier molecular flexibility index (Phi) is 6.25. The Balaban J connectivity index is 1.37. The molecule has 6 nitrogen and oxygen atoms in total. The van der Waals surface area contributed by atoms with Crippen molar-refractivity contribution in [3.63, 3.8) is 0 Å². The van der Waals surface area contributed by atoms with Crippen LogP contribution in [0.15, 0.2) is 71.6 Å². The molecule has 0 atom stereocenters. The first-order chi connectivity index (χ1) is 15.0. The summed E-state index contributed by atoms with van der Waals surface area (Å²) in [5, 5.41) is 1.90. The van der Waals surface area contributed by atoms with Crippen LogP contribution in [0.25, 0.3) is 10.8 Å². The number of fused-ring (bicyclic) bond motifs is 1. The molecule has 162 valence electrons. The highest BCUT2D eigenvalue weighted by Crippen LogP contribution is 2.23. The first-order valence-corrected chi connectivity index (χ1v) is 11.8. The van der Waals surface area contributed by atoms with Crippen molar-refractivity contribution in [1.29, 1.82) is 0 Å². The Hall–Kier alpha value is -2.90. The van der Waals surface area contributed by atoms with Crippen molar-refractivity contribution in [3.05, 3.63) is 72.3 Å². The molecule has 0 spiro atoms. The highest BCUT2D eigenvalue weighted by Gasteiger charge is 2.30. The van der Waals surface area contributed by atoms with Crippen molar-refractivity contribution in [2.45, 2.75) is 17.7 Å². The summed E-state index contributed by atoms with van der Waals surface area (Å²) < 4.78 is 33.0. The molecule has 1 aliphatic rings. The van der Waals surface area contributed by atoms with E-state index in [1.807, 2.05) is 54.6 Å². The zero-order chi connectivity index (χ0) is 21.8. The number of benzene rings is 3. The highest BCUT2D eigenvalue weighted by molar-refractivity contribution is 7.89. The van der Waals surface area contributed by atoms with Gasteiger partial charge < -0.3 is 9.64 Å². The monoisotopic (exact) mass is 438 g/mol. The van der Waals surface area contributed by atoms with Gasteiger partial charge in [0.25, 0.3) is 0 Å². The Morgan fingerprint density at radius 2 is 1.58 bits per heavy atom. The van der Waals surface area contributed by atoms with Crippen LogP contribution < -0.4 is 4.74 Å². The fourth-order valence-corrected chi connectivity index (χ4v) is 5.42. The van der Waals surface area contributed by atoms with Crippen LogP contribution in [0.3, 0.4) is 0 Å². The minimum Gasteiger partial charge on any atom is -0.496 e. The second-order valence-electron chi connectivity index (χ2n) is 7.61. The van der Waals surface area contributed by atoms with E-state index >= 15 is 0 Å². The third-order valence-corrected chi connectivity index (χ3v) is 7.65. The molecule has 0 unspecified atom stereocenters. The van der Waals surface area contributed by atoms with Crippen molar-refractivity contribution in [1.82, 2.24) is 9.21 Å². The van der Waals surface area contributed by atoms with Crippen LogP contribution >= 0.6 is 0 Å². The lowest BCUT2D eigenvalue weighted by atomic mass is 10.1. The van der Waals surface area contributed by atoms with Crippen LogP contribution in [-0.4, -0.2) is 56.8 Å². The molecular weight excluding hydrogens is 412 g/mol. The standard InChI is InChI=1S/C24H26N2O4S/c1-30-23-9-5-4-7-20(23)11-13-24(27)25-14-16-26(17-15-25)31(28,29)22-12-10-19-6-2-3-8-21(19)18-22/h2-10,12,18H,11,13-17H2,1H3. The molecule has 1 heterocycles. The summed E-state index contributed by atoms with van der Waals surface area (Å²) in [5.41, 5.74) is 0.996. The molecule has 0 radical (unpaired) electrons. The Morgan fingerprint density at radius 1 is 0.903 bits per heavy atom. The molecule has 1 fully saturated rings. The number of nitrogens with zero attached hydrogens (tertiary/aromatic N) is 2. The van der Waals surface area contributed by atoms with E-state index in [4.69, 9.17) is 4.74 Å². The summed E-state index contributed by atoms with van der Waals surface area (Å²) in [4.78, 5) is 14.7. The van der Waals surface area contributed by atoms with Gasteiger partial charge in [-0.2, -0.15) is 4.31 Å². The predicted octanol–water partition coefficient (Wildman–Crippen LogP) is 3.31. The molecule has 1 aliphatic heterocycles. The lowest BCUT2D eigenvalue weighted by Crippen LogP contribution is -2.50. The topological polar surface area (TPSA) is 66.9 Å². The first-order valence-electron chi connectivity index (χ1n) is 10.4. The number of hydrogen-bond acceptors (Lipinski definition) is 4. The number of methoxy groups -OCH3 is 1. The summed E-state index contributed by atoms with van der Waals surface area (Å²) in [5.74, 6) is 0.815. The number of amides is 1. The molecule has 7 heteroatoms. The van der Waals surface area contributed by atoms with Gasteiger partial charge >= 0.3 is 0 Å². The Labute approximate surface area is 183 Å². The van der Waals surface area contributed by atoms with Crippen LogP contribution in [0.1, 0.15) is 12.0 Å². The van der Waals surface area contributed by atoms with E-state index in [1.165, 1.54) is 4.31 Å². The lowest BCUT2D eigenvalue weighted by Gasteiger charge is -2.34. The van der Waals surface area contributed by atoms with Gasteiger partial charge in [0.15, 0.2) is 0 Å². The van der Waals surface area contributed by atoms with E-state index < -0.39 is 10.0 Å². The second-order valence-corrected chi connectivity index (χ2v) is 9.54.